The molecule has 0 fully saturated rings. The Morgan fingerprint density at radius 2 is 1.47 bits per heavy atom. The summed E-state index contributed by atoms with van der Waals surface area (Å²) in [5, 5.41) is 19.4. The van der Waals surface area contributed by atoms with Crippen LogP contribution in [0.25, 0.3) is 11.1 Å². The van der Waals surface area contributed by atoms with E-state index in [0.717, 1.165) is 3.57 Å². The molecule has 0 atom stereocenters. The zero-order valence-corrected chi connectivity index (χ0v) is 9.97. The molecule has 0 heterocycles. The van der Waals surface area contributed by atoms with E-state index in [0.29, 0.717) is 11.1 Å². The molecule has 2 nitrogen and oxygen atoms in total. The lowest BCUT2D eigenvalue weighted by molar-refractivity contribution is 0.469. The second-order valence-electron chi connectivity index (χ2n) is 3.18. The standard InChI is InChI=1S/C12H9IO2/c13-8-5-6-12(15)10(7-8)9-3-1-2-4-11(9)14/h1-7,14-15H. The van der Waals surface area contributed by atoms with Crippen molar-refractivity contribution < 1.29 is 10.2 Å². The Kier molecular flexibility index (Phi) is 2.81. The minimum Gasteiger partial charge on any atom is -0.507 e. The molecule has 0 aliphatic heterocycles. The average Bonchev–Trinajstić information content (AvgIpc) is 2.23. The Hall–Kier alpha value is -1.23. The van der Waals surface area contributed by atoms with Crippen molar-refractivity contribution in [3.63, 3.8) is 0 Å². The van der Waals surface area contributed by atoms with Crippen LogP contribution < -0.4 is 0 Å². The molecule has 76 valence electrons. The van der Waals surface area contributed by atoms with Crippen molar-refractivity contribution in [1.82, 2.24) is 0 Å². The molecule has 2 rings (SSSR count). The molecule has 0 unspecified atom stereocenters. The van der Waals surface area contributed by atoms with Crippen LogP contribution in [0.15, 0.2) is 42.5 Å². The fourth-order valence-corrected chi connectivity index (χ4v) is 1.92. The van der Waals surface area contributed by atoms with Gasteiger partial charge in [0.2, 0.25) is 0 Å². The van der Waals surface area contributed by atoms with Gasteiger partial charge in [-0.05, 0) is 46.9 Å². The van der Waals surface area contributed by atoms with Gasteiger partial charge < -0.3 is 10.2 Å². The largest absolute Gasteiger partial charge is 0.507 e. The van der Waals surface area contributed by atoms with Gasteiger partial charge in [0.25, 0.3) is 0 Å². The predicted octanol–water partition coefficient (Wildman–Crippen LogP) is 3.37. The van der Waals surface area contributed by atoms with Crippen LogP contribution in [0.5, 0.6) is 11.5 Å². The van der Waals surface area contributed by atoms with Crippen LogP contribution in [0, 0.1) is 3.57 Å². The van der Waals surface area contributed by atoms with Crippen molar-refractivity contribution in [3.05, 3.63) is 46.0 Å². The van der Waals surface area contributed by atoms with E-state index < -0.39 is 0 Å². The Labute approximate surface area is 101 Å². The second-order valence-corrected chi connectivity index (χ2v) is 4.42. The van der Waals surface area contributed by atoms with E-state index in [1.165, 1.54) is 0 Å². The SMILES string of the molecule is Oc1ccccc1-c1cc(I)ccc1O. The van der Waals surface area contributed by atoms with E-state index >= 15 is 0 Å². The molecular weight excluding hydrogens is 303 g/mol. The quantitative estimate of drug-likeness (QED) is 0.793. The lowest BCUT2D eigenvalue weighted by Gasteiger charge is -2.07. The van der Waals surface area contributed by atoms with Crippen LogP contribution in [0.3, 0.4) is 0 Å². The third-order valence-corrected chi connectivity index (χ3v) is 2.82. The maximum atomic E-state index is 9.70. The fourth-order valence-electron chi connectivity index (χ4n) is 1.43. The summed E-state index contributed by atoms with van der Waals surface area (Å²) in [4.78, 5) is 0. The lowest BCUT2D eigenvalue weighted by atomic mass is 10.0. The van der Waals surface area contributed by atoms with Crippen molar-refractivity contribution >= 4 is 22.6 Å². The van der Waals surface area contributed by atoms with Crippen molar-refractivity contribution in [1.29, 1.82) is 0 Å². The Balaban J connectivity index is 2.64. The van der Waals surface area contributed by atoms with Gasteiger partial charge in [-0.15, -0.1) is 0 Å². The number of para-hydroxylation sites is 1. The second kappa shape index (κ2) is 4.10. The smallest absolute Gasteiger partial charge is 0.123 e. The number of halogens is 1. The predicted molar refractivity (Wildman–Crippen MR) is 67.9 cm³/mol. The highest BCUT2D eigenvalue weighted by Gasteiger charge is 2.08. The molecule has 0 aliphatic carbocycles. The molecule has 0 saturated heterocycles. The highest BCUT2D eigenvalue weighted by Crippen LogP contribution is 2.35. The summed E-state index contributed by atoms with van der Waals surface area (Å²) in [6.07, 6.45) is 0. The van der Waals surface area contributed by atoms with Gasteiger partial charge in [0.15, 0.2) is 0 Å². The summed E-state index contributed by atoms with van der Waals surface area (Å²) in [5.41, 5.74) is 1.30. The van der Waals surface area contributed by atoms with Crippen molar-refractivity contribution in [2.24, 2.45) is 0 Å². The van der Waals surface area contributed by atoms with Crippen molar-refractivity contribution in [2.75, 3.05) is 0 Å². The number of hydrogen-bond acceptors (Lipinski definition) is 2. The van der Waals surface area contributed by atoms with Gasteiger partial charge in [0.05, 0.1) is 0 Å². The first kappa shape index (κ1) is 10.3. The molecule has 0 amide bonds. The number of hydrogen-bond donors (Lipinski definition) is 2. The van der Waals surface area contributed by atoms with Crippen molar-refractivity contribution in [3.8, 4) is 22.6 Å². The van der Waals surface area contributed by atoms with E-state index in [9.17, 15) is 10.2 Å². The summed E-state index contributed by atoms with van der Waals surface area (Å²) in [6, 6.07) is 12.3. The Morgan fingerprint density at radius 1 is 0.800 bits per heavy atom. The van der Waals surface area contributed by atoms with E-state index in [1.54, 1.807) is 24.3 Å². The van der Waals surface area contributed by atoms with Gasteiger partial charge >= 0.3 is 0 Å². The van der Waals surface area contributed by atoms with Crippen LogP contribution in [0.1, 0.15) is 0 Å². The zero-order chi connectivity index (χ0) is 10.8. The van der Waals surface area contributed by atoms with Gasteiger partial charge in [-0.25, -0.2) is 0 Å². The monoisotopic (exact) mass is 312 g/mol. The number of rotatable bonds is 1. The number of aromatic hydroxyl groups is 2. The van der Waals surface area contributed by atoms with Crippen LogP contribution in [0.4, 0.5) is 0 Å². The van der Waals surface area contributed by atoms with Gasteiger partial charge in [0, 0.05) is 14.7 Å². The summed E-state index contributed by atoms with van der Waals surface area (Å²) in [7, 11) is 0. The molecule has 0 spiro atoms. The van der Waals surface area contributed by atoms with E-state index in [2.05, 4.69) is 22.6 Å². The van der Waals surface area contributed by atoms with E-state index in [-0.39, 0.29) is 11.5 Å². The molecule has 0 saturated carbocycles. The first-order valence-electron chi connectivity index (χ1n) is 4.45. The molecule has 3 heteroatoms. The molecule has 2 N–H and O–H groups in total. The normalized spacial score (nSPS) is 10.2. The summed E-state index contributed by atoms with van der Waals surface area (Å²) < 4.78 is 1.02. The lowest BCUT2D eigenvalue weighted by Crippen LogP contribution is -1.81. The number of phenolic OH excluding ortho intramolecular Hbond substituents is 2. The summed E-state index contributed by atoms with van der Waals surface area (Å²) in [5.74, 6) is 0.353. The highest BCUT2D eigenvalue weighted by molar-refractivity contribution is 14.1. The molecule has 0 radical (unpaired) electrons. The Morgan fingerprint density at radius 3 is 2.20 bits per heavy atom. The highest BCUT2D eigenvalue weighted by atomic mass is 127. The molecular formula is C12H9IO2. The minimum atomic E-state index is 0.176. The molecule has 2 aromatic rings. The topological polar surface area (TPSA) is 40.5 Å². The third-order valence-electron chi connectivity index (χ3n) is 2.15. The summed E-state index contributed by atoms with van der Waals surface area (Å²) >= 11 is 2.17. The average molecular weight is 312 g/mol. The van der Waals surface area contributed by atoms with Gasteiger partial charge in [-0.1, -0.05) is 18.2 Å². The number of benzene rings is 2. The molecule has 2 aromatic carbocycles. The third kappa shape index (κ3) is 2.07. The zero-order valence-electron chi connectivity index (χ0n) is 7.81. The molecule has 0 bridgehead atoms. The minimum absolute atomic E-state index is 0.176. The van der Waals surface area contributed by atoms with Crippen LogP contribution in [-0.4, -0.2) is 10.2 Å². The maximum absolute atomic E-state index is 9.70. The van der Waals surface area contributed by atoms with Gasteiger partial charge in [-0.2, -0.15) is 0 Å². The van der Waals surface area contributed by atoms with Crippen molar-refractivity contribution in [2.45, 2.75) is 0 Å². The first-order valence-corrected chi connectivity index (χ1v) is 5.53. The summed E-state index contributed by atoms with van der Waals surface area (Å²) in [6.45, 7) is 0. The van der Waals surface area contributed by atoms with E-state index in [1.807, 2.05) is 18.2 Å². The molecule has 0 aromatic heterocycles. The van der Waals surface area contributed by atoms with E-state index in [4.69, 9.17) is 0 Å². The number of phenols is 2. The van der Waals surface area contributed by atoms with Crippen LogP contribution in [0.2, 0.25) is 0 Å². The Bertz CT molecular complexity index is 495. The van der Waals surface area contributed by atoms with Gasteiger partial charge in [0.1, 0.15) is 11.5 Å². The molecule has 15 heavy (non-hydrogen) atoms. The van der Waals surface area contributed by atoms with Crippen LogP contribution in [-0.2, 0) is 0 Å². The van der Waals surface area contributed by atoms with Gasteiger partial charge in [-0.3, -0.25) is 0 Å². The van der Waals surface area contributed by atoms with Crippen LogP contribution >= 0.6 is 22.6 Å². The maximum Gasteiger partial charge on any atom is 0.123 e. The molecule has 0 aliphatic rings. The fraction of sp³-hybridized carbons (Fsp3) is 0. The first-order chi connectivity index (χ1) is 7.18.